The van der Waals surface area contributed by atoms with Crippen molar-refractivity contribution in [1.29, 1.82) is 0 Å². The lowest BCUT2D eigenvalue weighted by molar-refractivity contribution is -0.127. The number of esters is 1. The fraction of sp³-hybridized carbons (Fsp3) is 0.100. The molecule has 1 heterocycles. The molecule has 1 aliphatic heterocycles. The van der Waals surface area contributed by atoms with Crippen molar-refractivity contribution in [2.45, 2.75) is 0 Å². The summed E-state index contributed by atoms with van der Waals surface area (Å²) in [6.07, 6.45) is 1.46. The molecule has 154 valence electrons. The quantitative estimate of drug-likeness (QED) is 0.533. The van der Waals surface area contributed by atoms with Crippen LogP contribution < -0.4 is 5.32 Å². The molecule has 0 atom stereocenters. The summed E-state index contributed by atoms with van der Waals surface area (Å²) in [6.45, 7) is -0.502. The van der Waals surface area contributed by atoms with Crippen molar-refractivity contribution in [2.75, 3.05) is 19.0 Å². The highest BCUT2D eigenvalue weighted by molar-refractivity contribution is 8.18. The van der Waals surface area contributed by atoms with Crippen LogP contribution >= 0.6 is 23.4 Å². The number of hydrogen-bond acceptors (Lipinski definition) is 7. The number of halogens is 1. The van der Waals surface area contributed by atoms with Crippen LogP contribution in [0.4, 0.5) is 10.5 Å². The van der Waals surface area contributed by atoms with Gasteiger partial charge >= 0.3 is 5.97 Å². The number of hydrogen-bond donors (Lipinski definition) is 2. The number of amides is 3. The zero-order chi connectivity index (χ0) is 21.8. The summed E-state index contributed by atoms with van der Waals surface area (Å²) >= 11 is 6.64. The number of phenolic OH excluding ortho intramolecular Hbond substituents is 1. The first kappa shape index (κ1) is 21.4. The van der Waals surface area contributed by atoms with Gasteiger partial charge in [-0.3, -0.25) is 19.3 Å². The number of phenols is 1. The molecule has 8 nitrogen and oxygen atoms in total. The molecule has 0 radical (unpaired) electrons. The van der Waals surface area contributed by atoms with E-state index in [9.17, 15) is 24.3 Å². The number of thioether (sulfide) groups is 1. The molecular weight excluding hydrogens is 432 g/mol. The van der Waals surface area contributed by atoms with Gasteiger partial charge in [0.15, 0.2) is 0 Å². The van der Waals surface area contributed by atoms with Gasteiger partial charge in [0.1, 0.15) is 12.3 Å². The summed E-state index contributed by atoms with van der Waals surface area (Å²) < 4.78 is 4.62. The molecular formula is C20H15ClN2O6S. The maximum atomic E-state index is 12.5. The zero-order valence-corrected chi connectivity index (χ0v) is 17.1. The number of carbonyl (C=O) groups excluding carboxylic acids is 4. The number of benzene rings is 2. The number of nitrogens with zero attached hydrogens (tertiary/aromatic N) is 1. The number of methoxy groups -OCH3 is 1. The van der Waals surface area contributed by atoms with E-state index in [0.717, 1.165) is 4.90 Å². The lowest BCUT2D eigenvalue weighted by atomic mass is 10.2. The van der Waals surface area contributed by atoms with Crippen LogP contribution in [0.3, 0.4) is 0 Å². The fourth-order valence-corrected chi connectivity index (χ4v) is 3.65. The van der Waals surface area contributed by atoms with Crippen LogP contribution in [0.15, 0.2) is 47.4 Å². The fourth-order valence-electron chi connectivity index (χ4n) is 2.62. The van der Waals surface area contributed by atoms with E-state index in [1.165, 1.54) is 43.5 Å². The van der Waals surface area contributed by atoms with Crippen molar-refractivity contribution >= 4 is 58.1 Å². The predicted molar refractivity (Wildman–Crippen MR) is 112 cm³/mol. The third-order valence-corrected chi connectivity index (χ3v) is 5.24. The van der Waals surface area contributed by atoms with Gasteiger partial charge in [0, 0.05) is 5.69 Å². The average molecular weight is 447 g/mol. The van der Waals surface area contributed by atoms with E-state index in [0.29, 0.717) is 17.3 Å². The van der Waals surface area contributed by atoms with E-state index >= 15 is 0 Å². The van der Waals surface area contributed by atoms with Crippen LogP contribution in [-0.4, -0.2) is 46.7 Å². The van der Waals surface area contributed by atoms with Gasteiger partial charge in [0.2, 0.25) is 5.91 Å². The van der Waals surface area contributed by atoms with Crippen molar-refractivity contribution in [1.82, 2.24) is 4.90 Å². The summed E-state index contributed by atoms with van der Waals surface area (Å²) in [5, 5.41) is 11.6. The van der Waals surface area contributed by atoms with Crippen LogP contribution in [0.1, 0.15) is 15.9 Å². The van der Waals surface area contributed by atoms with Gasteiger partial charge in [-0.2, -0.15) is 0 Å². The Balaban J connectivity index is 1.70. The first-order valence-electron chi connectivity index (χ1n) is 8.50. The topological polar surface area (TPSA) is 113 Å². The number of imide groups is 1. The summed E-state index contributed by atoms with van der Waals surface area (Å²) in [4.78, 5) is 49.7. The monoisotopic (exact) mass is 446 g/mol. The smallest absolute Gasteiger partial charge is 0.339 e. The Morgan fingerprint density at radius 2 is 2.00 bits per heavy atom. The molecule has 2 aromatic carbocycles. The number of rotatable bonds is 5. The number of aromatic hydroxyl groups is 1. The molecule has 0 aromatic heterocycles. The highest BCUT2D eigenvalue weighted by atomic mass is 35.5. The van der Waals surface area contributed by atoms with Crippen LogP contribution in [0.5, 0.6) is 5.75 Å². The standard InChI is InChI=1S/C20H15ClN2O6S/c1-29-19(27)14-9-12(5-6-15(14)21)22-17(25)10-23-18(26)16(30-20(23)28)8-11-3-2-4-13(24)7-11/h2-9,24H,10H2,1H3,(H,22,25)/b16-8+. The van der Waals surface area contributed by atoms with Gasteiger partial charge < -0.3 is 15.2 Å². The normalized spacial score (nSPS) is 14.9. The lowest BCUT2D eigenvalue weighted by Crippen LogP contribution is -2.36. The molecule has 3 rings (SSSR count). The Morgan fingerprint density at radius 3 is 2.70 bits per heavy atom. The van der Waals surface area contributed by atoms with E-state index < -0.39 is 29.6 Å². The van der Waals surface area contributed by atoms with Crippen LogP contribution in [-0.2, 0) is 14.3 Å². The molecule has 0 saturated carbocycles. The highest BCUT2D eigenvalue weighted by Crippen LogP contribution is 2.32. The van der Waals surface area contributed by atoms with Crippen LogP contribution in [0.25, 0.3) is 6.08 Å². The number of carbonyl (C=O) groups is 4. The van der Waals surface area contributed by atoms with E-state index in [2.05, 4.69) is 10.1 Å². The first-order chi connectivity index (χ1) is 14.3. The third kappa shape index (κ3) is 4.81. The Kier molecular flexibility index (Phi) is 6.43. The van der Waals surface area contributed by atoms with Gasteiger partial charge in [-0.1, -0.05) is 23.7 Å². The lowest BCUT2D eigenvalue weighted by Gasteiger charge is -2.13. The van der Waals surface area contributed by atoms with Crippen LogP contribution in [0.2, 0.25) is 5.02 Å². The number of anilines is 1. The van der Waals surface area contributed by atoms with Crippen molar-refractivity contribution in [3.8, 4) is 5.75 Å². The molecule has 10 heteroatoms. The minimum absolute atomic E-state index is 0.0247. The summed E-state index contributed by atoms with van der Waals surface area (Å²) in [5.41, 5.74) is 0.866. The Morgan fingerprint density at radius 1 is 1.23 bits per heavy atom. The summed E-state index contributed by atoms with van der Waals surface area (Å²) in [6, 6.07) is 10.4. The SMILES string of the molecule is COC(=O)c1cc(NC(=O)CN2C(=O)S/C(=C/c3cccc(O)c3)C2=O)ccc1Cl. The van der Waals surface area contributed by atoms with E-state index in [1.54, 1.807) is 12.1 Å². The van der Waals surface area contributed by atoms with Gasteiger partial charge in [-0.05, 0) is 53.7 Å². The summed E-state index contributed by atoms with van der Waals surface area (Å²) in [7, 11) is 1.20. The Labute approximate surface area is 180 Å². The molecule has 1 saturated heterocycles. The molecule has 0 unspecified atom stereocenters. The van der Waals surface area contributed by atoms with Gasteiger partial charge in [-0.15, -0.1) is 0 Å². The largest absolute Gasteiger partial charge is 0.508 e. The number of nitrogens with one attached hydrogen (secondary N) is 1. The molecule has 1 fully saturated rings. The predicted octanol–water partition coefficient (Wildman–Crippen LogP) is 3.51. The maximum absolute atomic E-state index is 12.5. The second kappa shape index (κ2) is 9.02. The van der Waals surface area contributed by atoms with E-state index in [-0.39, 0.29) is 26.9 Å². The van der Waals surface area contributed by atoms with E-state index in [4.69, 9.17) is 11.6 Å². The van der Waals surface area contributed by atoms with Crippen LogP contribution in [0, 0.1) is 0 Å². The first-order valence-corrected chi connectivity index (χ1v) is 9.70. The molecule has 30 heavy (non-hydrogen) atoms. The van der Waals surface area contributed by atoms with Gasteiger partial charge in [0.05, 0.1) is 22.6 Å². The van der Waals surface area contributed by atoms with Gasteiger partial charge in [-0.25, -0.2) is 4.79 Å². The molecule has 3 amide bonds. The molecule has 2 aromatic rings. The van der Waals surface area contributed by atoms with E-state index in [1.807, 2.05) is 0 Å². The van der Waals surface area contributed by atoms with Crippen molar-refractivity contribution in [3.05, 3.63) is 63.5 Å². The summed E-state index contributed by atoms with van der Waals surface area (Å²) in [5.74, 6) is -1.89. The molecule has 1 aliphatic rings. The molecule has 0 aliphatic carbocycles. The van der Waals surface area contributed by atoms with Gasteiger partial charge in [0.25, 0.3) is 11.1 Å². The Bertz CT molecular complexity index is 1080. The Hall–Kier alpha value is -3.30. The zero-order valence-electron chi connectivity index (χ0n) is 15.5. The molecule has 0 spiro atoms. The highest BCUT2D eigenvalue weighted by Gasteiger charge is 2.36. The van der Waals surface area contributed by atoms with Crippen molar-refractivity contribution < 1.29 is 29.0 Å². The molecule has 2 N–H and O–H groups in total. The minimum Gasteiger partial charge on any atom is -0.508 e. The third-order valence-electron chi connectivity index (χ3n) is 4.00. The van der Waals surface area contributed by atoms with Crippen molar-refractivity contribution in [2.24, 2.45) is 0 Å². The minimum atomic E-state index is -0.667. The van der Waals surface area contributed by atoms with Crippen molar-refractivity contribution in [3.63, 3.8) is 0 Å². The number of ether oxygens (including phenoxy) is 1. The second-order valence-electron chi connectivity index (χ2n) is 6.10. The maximum Gasteiger partial charge on any atom is 0.339 e. The molecule has 0 bridgehead atoms. The average Bonchev–Trinajstić information content (AvgIpc) is 2.96. The second-order valence-corrected chi connectivity index (χ2v) is 7.50.